The van der Waals surface area contributed by atoms with Crippen LogP contribution in [0.2, 0.25) is 0 Å². The quantitative estimate of drug-likeness (QED) is 0.446. The maximum atomic E-state index is 13.9. The third-order valence-electron chi connectivity index (χ3n) is 5.34. The van der Waals surface area contributed by atoms with E-state index in [0.717, 1.165) is 17.7 Å². The Morgan fingerprint density at radius 1 is 1.03 bits per heavy atom. The summed E-state index contributed by atoms with van der Waals surface area (Å²) in [5.41, 5.74) is 0.156. The second-order valence-electron chi connectivity index (χ2n) is 8.20. The van der Waals surface area contributed by atoms with Crippen LogP contribution in [0, 0.1) is 0 Å². The number of alkyl halides is 3. The number of aryl methyl sites for hydroxylation is 1. The van der Waals surface area contributed by atoms with Crippen LogP contribution in [0.4, 0.5) is 18.9 Å². The maximum Gasteiger partial charge on any atom is 0.433 e. The van der Waals surface area contributed by atoms with Crippen LogP contribution in [0.3, 0.4) is 0 Å². The van der Waals surface area contributed by atoms with Gasteiger partial charge in [0.25, 0.3) is 11.8 Å². The molecule has 0 radical (unpaired) electrons. The van der Waals surface area contributed by atoms with Gasteiger partial charge in [0, 0.05) is 31.9 Å². The number of hydrogen-bond acceptors (Lipinski definition) is 5. The lowest BCUT2D eigenvalue weighted by molar-refractivity contribution is -0.142. The van der Waals surface area contributed by atoms with Crippen molar-refractivity contribution in [3.05, 3.63) is 65.2 Å². The highest BCUT2D eigenvalue weighted by atomic mass is 19.4. The fraction of sp³-hybridized carbons (Fsp3) is 0.261. The number of anilines is 1. The Balaban J connectivity index is 1.75. The van der Waals surface area contributed by atoms with Crippen molar-refractivity contribution in [2.45, 2.75) is 25.9 Å². The van der Waals surface area contributed by atoms with Gasteiger partial charge in [-0.2, -0.15) is 23.4 Å². The molecule has 0 saturated heterocycles. The molecule has 3 aromatic heterocycles. The summed E-state index contributed by atoms with van der Waals surface area (Å²) in [7, 11) is 2.96. The zero-order valence-electron chi connectivity index (χ0n) is 19.3. The minimum Gasteiger partial charge on any atom is -0.354 e. The van der Waals surface area contributed by atoms with Crippen molar-refractivity contribution in [1.82, 2.24) is 29.7 Å². The van der Waals surface area contributed by atoms with Crippen molar-refractivity contribution in [1.29, 1.82) is 0 Å². The molecule has 0 aliphatic heterocycles. The minimum atomic E-state index is -4.75. The van der Waals surface area contributed by atoms with Crippen molar-refractivity contribution < 1.29 is 22.8 Å². The molecule has 0 atom stereocenters. The SMILES string of the molecule is CNC(=O)c1nn(C)cc1NC(=O)c1cc2nc(-c3ccc(C(C)C)cc3)cc(C(F)(F)F)n2n1. The fourth-order valence-corrected chi connectivity index (χ4v) is 3.53. The maximum absolute atomic E-state index is 13.9. The first kappa shape index (κ1) is 23.9. The van der Waals surface area contributed by atoms with Gasteiger partial charge >= 0.3 is 6.18 Å². The van der Waals surface area contributed by atoms with Gasteiger partial charge in [0.1, 0.15) is 0 Å². The highest BCUT2D eigenvalue weighted by Gasteiger charge is 2.35. The lowest BCUT2D eigenvalue weighted by atomic mass is 10.0. The van der Waals surface area contributed by atoms with Gasteiger partial charge in [0.05, 0.1) is 11.4 Å². The van der Waals surface area contributed by atoms with Gasteiger partial charge in [-0.05, 0) is 17.5 Å². The monoisotopic (exact) mass is 485 g/mol. The Morgan fingerprint density at radius 2 is 1.71 bits per heavy atom. The predicted molar refractivity (Wildman–Crippen MR) is 122 cm³/mol. The molecule has 12 heteroatoms. The number of carbonyl (C=O) groups is 2. The molecule has 3 heterocycles. The molecular weight excluding hydrogens is 463 g/mol. The first-order chi connectivity index (χ1) is 16.5. The standard InChI is InChI=1S/C23H22F3N7O2/c1-12(2)13-5-7-14(8-6-13)15-9-18(23(24,25)26)33-19(28-15)10-16(30-33)21(34)29-17-11-32(4)31-20(17)22(35)27-3/h5-12H,1-4H3,(H,27,35)(H,29,34). The first-order valence-corrected chi connectivity index (χ1v) is 10.6. The van der Waals surface area contributed by atoms with Crippen LogP contribution >= 0.6 is 0 Å². The van der Waals surface area contributed by atoms with E-state index in [2.05, 4.69) is 25.8 Å². The summed E-state index contributed by atoms with van der Waals surface area (Å²) in [6.45, 7) is 4.03. The summed E-state index contributed by atoms with van der Waals surface area (Å²) in [6.07, 6.45) is -3.35. The van der Waals surface area contributed by atoms with Gasteiger partial charge in [-0.1, -0.05) is 38.1 Å². The molecule has 35 heavy (non-hydrogen) atoms. The van der Waals surface area contributed by atoms with E-state index < -0.39 is 23.7 Å². The third-order valence-corrected chi connectivity index (χ3v) is 5.34. The summed E-state index contributed by atoms with van der Waals surface area (Å²) >= 11 is 0. The highest BCUT2D eigenvalue weighted by molar-refractivity contribution is 6.07. The van der Waals surface area contributed by atoms with Crippen molar-refractivity contribution >= 4 is 23.1 Å². The van der Waals surface area contributed by atoms with Crippen LogP contribution < -0.4 is 10.6 Å². The molecule has 4 aromatic rings. The third kappa shape index (κ3) is 4.72. The molecule has 2 amide bonds. The molecule has 0 fully saturated rings. The number of nitrogens with one attached hydrogen (secondary N) is 2. The summed E-state index contributed by atoms with van der Waals surface area (Å²) < 4.78 is 43.5. The van der Waals surface area contributed by atoms with Gasteiger partial charge in [-0.15, -0.1) is 0 Å². The Morgan fingerprint density at radius 3 is 2.31 bits per heavy atom. The molecule has 1 aromatic carbocycles. The van der Waals surface area contributed by atoms with Crippen molar-refractivity contribution in [2.24, 2.45) is 7.05 Å². The lowest BCUT2D eigenvalue weighted by Crippen LogP contribution is -2.21. The van der Waals surface area contributed by atoms with E-state index >= 15 is 0 Å². The normalized spacial score (nSPS) is 11.8. The van der Waals surface area contributed by atoms with Gasteiger partial charge in [0.2, 0.25) is 0 Å². The molecule has 0 aliphatic rings. The number of carbonyl (C=O) groups excluding carboxylic acids is 2. The van der Waals surface area contributed by atoms with Gasteiger partial charge in [-0.3, -0.25) is 14.3 Å². The predicted octanol–water partition coefficient (Wildman–Crippen LogP) is 3.88. The van der Waals surface area contributed by atoms with E-state index in [1.54, 1.807) is 19.2 Å². The van der Waals surface area contributed by atoms with E-state index in [-0.39, 0.29) is 34.3 Å². The molecular formula is C23H22F3N7O2. The lowest BCUT2D eigenvalue weighted by Gasteiger charge is -2.11. The van der Waals surface area contributed by atoms with E-state index in [1.807, 2.05) is 26.0 Å². The van der Waals surface area contributed by atoms with Gasteiger partial charge < -0.3 is 10.6 Å². The minimum absolute atomic E-state index is 0.0478. The molecule has 4 rings (SSSR count). The molecule has 9 nitrogen and oxygen atoms in total. The molecule has 2 N–H and O–H groups in total. The van der Waals surface area contributed by atoms with Crippen LogP contribution in [0.15, 0.2) is 42.6 Å². The zero-order chi connectivity index (χ0) is 25.5. The molecule has 0 spiro atoms. The second kappa shape index (κ2) is 8.85. The number of aromatic nitrogens is 5. The van der Waals surface area contributed by atoms with Crippen molar-refractivity contribution in [2.75, 3.05) is 12.4 Å². The fourth-order valence-electron chi connectivity index (χ4n) is 3.53. The van der Waals surface area contributed by atoms with Crippen molar-refractivity contribution in [3.8, 4) is 11.3 Å². The molecule has 0 saturated carbocycles. The summed E-state index contributed by atoms with van der Waals surface area (Å²) in [4.78, 5) is 29.1. The number of benzene rings is 1. The topological polar surface area (TPSA) is 106 Å². The largest absolute Gasteiger partial charge is 0.433 e. The van der Waals surface area contributed by atoms with Gasteiger partial charge in [0.15, 0.2) is 22.7 Å². The number of nitrogens with zero attached hydrogens (tertiary/aromatic N) is 5. The number of fused-ring (bicyclic) bond motifs is 1. The molecule has 0 bridgehead atoms. The molecule has 0 aliphatic carbocycles. The average Bonchev–Trinajstić information content (AvgIpc) is 3.40. The molecule has 182 valence electrons. The summed E-state index contributed by atoms with van der Waals surface area (Å²) in [6, 6.07) is 9.16. The van der Waals surface area contributed by atoms with Crippen molar-refractivity contribution in [3.63, 3.8) is 0 Å². The van der Waals surface area contributed by atoms with E-state index in [9.17, 15) is 22.8 Å². The second-order valence-corrected chi connectivity index (χ2v) is 8.20. The van der Waals surface area contributed by atoms with Crippen LogP contribution in [0.5, 0.6) is 0 Å². The van der Waals surface area contributed by atoms with E-state index in [0.29, 0.717) is 10.1 Å². The van der Waals surface area contributed by atoms with Gasteiger partial charge in [-0.25, -0.2) is 9.50 Å². The first-order valence-electron chi connectivity index (χ1n) is 10.6. The number of hydrogen-bond donors (Lipinski definition) is 2. The highest BCUT2D eigenvalue weighted by Crippen LogP contribution is 2.33. The van der Waals surface area contributed by atoms with Crippen LogP contribution in [0.1, 0.15) is 52.0 Å². The van der Waals surface area contributed by atoms with E-state index in [1.165, 1.54) is 17.9 Å². The molecule has 0 unspecified atom stereocenters. The number of halogens is 3. The smallest absolute Gasteiger partial charge is 0.354 e. The van der Waals surface area contributed by atoms with Crippen LogP contribution in [-0.2, 0) is 13.2 Å². The zero-order valence-corrected chi connectivity index (χ0v) is 19.3. The number of amides is 2. The Kier molecular flexibility index (Phi) is 6.05. The number of rotatable bonds is 5. The Labute approximate surface area is 198 Å². The van der Waals surface area contributed by atoms with Crippen LogP contribution in [-0.4, -0.2) is 43.2 Å². The Bertz CT molecular complexity index is 1420. The summed E-state index contributed by atoms with van der Waals surface area (Å²) in [5, 5.41) is 12.7. The summed E-state index contributed by atoms with van der Waals surface area (Å²) in [5.74, 6) is -1.08. The van der Waals surface area contributed by atoms with E-state index in [4.69, 9.17) is 0 Å². The van der Waals surface area contributed by atoms with Crippen LogP contribution in [0.25, 0.3) is 16.9 Å². The average molecular weight is 485 g/mol. The Hall–Kier alpha value is -4.22.